The Bertz CT molecular complexity index is 864. The molecule has 3 nitrogen and oxygen atoms in total. The molecule has 0 saturated carbocycles. The number of para-hydroxylation sites is 1. The van der Waals surface area contributed by atoms with E-state index in [0.29, 0.717) is 6.42 Å². The zero-order chi connectivity index (χ0) is 15.8. The van der Waals surface area contributed by atoms with Gasteiger partial charge in [-0.3, -0.25) is 4.79 Å². The molecule has 0 radical (unpaired) electrons. The summed E-state index contributed by atoms with van der Waals surface area (Å²) in [6, 6.07) is 18.4. The molecule has 2 aromatic carbocycles. The third kappa shape index (κ3) is 2.38. The van der Waals surface area contributed by atoms with Gasteiger partial charge < -0.3 is 0 Å². The Morgan fingerprint density at radius 2 is 1.74 bits per heavy atom. The quantitative estimate of drug-likeness (QED) is 0.714. The number of ketones is 1. The van der Waals surface area contributed by atoms with Crippen molar-refractivity contribution in [2.45, 2.75) is 25.7 Å². The van der Waals surface area contributed by atoms with Crippen molar-refractivity contribution in [3.8, 4) is 5.69 Å². The molecular formula is C20H18N2O. The second-order valence-electron chi connectivity index (χ2n) is 6.14. The van der Waals surface area contributed by atoms with Crippen molar-refractivity contribution in [2.24, 2.45) is 0 Å². The Balaban J connectivity index is 1.78. The van der Waals surface area contributed by atoms with Crippen LogP contribution in [0, 0.1) is 6.92 Å². The van der Waals surface area contributed by atoms with Crippen LogP contribution in [-0.2, 0) is 6.42 Å². The van der Waals surface area contributed by atoms with Crippen LogP contribution in [0.25, 0.3) is 5.69 Å². The van der Waals surface area contributed by atoms with E-state index in [1.807, 2.05) is 41.1 Å². The Kier molecular flexibility index (Phi) is 3.34. The predicted molar refractivity (Wildman–Crippen MR) is 90.1 cm³/mol. The van der Waals surface area contributed by atoms with Crippen molar-refractivity contribution in [2.75, 3.05) is 0 Å². The van der Waals surface area contributed by atoms with E-state index in [9.17, 15) is 4.79 Å². The van der Waals surface area contributed by atoms with Crippen molar-refractivity contribution in [3.63, 3.8) is 0 Å². The Labute approximate surface area is 135 Å². The van der Waals surface area contributed by atoms with Crippen molar-refractivity contribution in [3.05, 3.63) is 83.2 Å². The van der Waals surface area contributed by atoms with Gasteiger partial charge in [0.2, 0.25) is 0 Å². The van der Waals surface area contributed by atoms with E-state index in [0.717, 1.165) is 23.4 Å². The van der Waals surface area contributed by atoms with Crippen LogP contribution < -0.4 is 0 Å². The summed E-state index contributed by atoms with van der Waals surface area (Å²) in [7, 11) is 0. The van der Waals surface area contributed by atoms with E-state index >= 15 is 0 Å². The summed E-state index contributed by atoms with van der Waals surface area (Å²) >= 11 is 0. The number of aryl methyl sites for hydroxylation is 1. The number of benzene rings is 2. The molecule has 1 aliphatic rings. The van der Waals surface area contributed by atoms with E-state index < -0.39 is 0 Å². The van der Waals surface area contributed by atoms with Crippen LogP contribution in [0.15, 0.2) is 60.8 Å². The lowest BCUT2D eigenvalue weighted by molar-refractivity contribution is 0.0963. The maximum absolute atomic E-state index is 12.6. The molecule has 0 amide bonds. The van der Waals surface area contributed by atoms with Crippen molar-refractivity contribution < 1.29 is 4.79 Å². The van der Waals surface area contributed by atoms with Gasteiger partial charge in [-0.1, -0.05) is 42.5 Å². The highest BCUT2D eigenvalue weighted by Crippen LogP contribution is 2.34. The number of carbonyl (C=O) groups excluding carboxylic acids is 1. The van der Waals surface area contributed by atoms with Gasteiger partial charge in [-0.2, -0.15) is 5.10 Å². The largest absolute Gasteiger partial charge is 0.294 e. The minimum Gasteiger partial charge on any atom is -0.294 e. The number of hydrogen-bond acceptors (Lipinski definition) is 2. The number of rotatable bonds is 2. The molecule has 1 heterocycles. The maximum atomic E-state index is 12.6. The van der Waals surface area contributed by atoms with E-state index in [2.05, 4.69) is 30.2 Å². The van der Waals surface area contributed by atoms with Crippen molar-refractivity contribution in [1.82, 2.24) is 9.78 Å². The first-order chi connectivity index (χ1) is 11.2. The summed E-state index contributed by atoms with van der Waals surface area (Å²) in [4.78, 5) is 12.6. The van der Waals surface area contributed by atoms with Crippen LogP contribution in [0.2, 0.25) is 0 Å². The van der Waals surface area contributed by atoms with Gasteiger partial charge in [-0.15, -0.1) is 0 Å². The Hall–Kier alpha value is -2.68. The van der Waals surface area contributed by atoms with Gasteiger partial charge in [-0.05, 0) is 42.5 Å². The van der Waals surface area contributed by atoms with Crippen LogP contribution in [0.4, 0.5) is 0 Å². The second-order valence-corrected chi connectivity index (χ2v) is 6.14. The minimum atomic E-state index is 0.196. The molecule has 0 spiro atoms. The summed E-state index contributed by atoms with van der Waals surface area (Å²) < 4.78 is 1.91. The molecule has 0 N–H and O–H groups in total. The van der Waals surface area contributed by atoms with Crippen molar-refractivity contribution >= 4 is 5.78 Å². The lowest BCUT2D eigenvalue weighted by atomic mass is 9.81. The smallest absolute Gasteiger partial charge is 0.166 e. The van der Waals surface area contributed by atoms with Gasteiger partial charge >= 0.3 is 0 Å². The molecular weight excluding hydrogens is 284 g/mol. The SMILES string of the molecule is Cc1ccccc1C1CC(=O)c2cnn(-c3ccccc3)c2C1. The third-order valence-corrected chi connectivity index (χ3v) is 4.67. The summed E-state index contributed by atoms with van der Waals surface area (Å²) in [6.45, 7) is 2.11. The highest BCUT2D eigenvalue weighted by Gasteiger charge is 2.30. The molecule has 0 fully saturated rings. The fraction of sp³-hybridized carbons (Fsp3) is 0.200. The molecule has 114 valence electrons. The average Bonchev–Trinajstić information content (AvgIpc) is 3.00. The average molecular weight is 302 g/mol. The Morgan fingerprint density at radius 1 is 1.00 bits per heavy atom. The van der Waals surface area contributed by atoms with Gasteiger partial charge in [0.05, 0.1) is 23.1 Å². The Morgan fingerprint density at radius 3 is 2.52 bits per heavy atom. The minimum absolute atomic E-state index is 0.196. The first-order valence-electron chi connectivity index (χ1n) is 7.95. The van der Waals surface area contributed by atoms with E-state index in [-0.39, 0.29) is 11.7 Å². The fourth-order valence-corrected chi connectivity index (χ4v) is 3.50. The van der Waals surface area contributed by atoms with Gasteiger partial charge in [0, 0.05) is 6.42 Å². The standard InChI is InChI=1S/C20H18N2O/c1-14-7-5-6-10-17(14)15-11-19-18(20(23)12-15)13-21-22(19)16-8-3-2-4-9-16/h2-10,13,15H,11-12H2,1H3. The van der Waals surface area contributed by atoms with Crippen LogP contribution >= 0.6 is 0 Å². The lowest BCUT2D eigenvalue weighted by Crippen LogP contribution is -2.20. The van der Waals surface area contributed by atoms with Gasteiger partial charge in [0.25, 0.3) is 0 Å². The van der Waals surface area contributed by atoms with Gasteiger partial charge in [-0.25, -0.2) is 4.68 Å². The van der Waals surface area contributed by atoms with Gasteiger partial charge in [0.1, 0.15) is 0 Å². The number of aromatic nitrogens is 2. The topological polar surface area (TPSA) is 34.9 Å². The highest BCUT2D eigenvalue weighted by atomic mass is 16.1. The summed E-state index contributed by atoms with van der Waals surface area (Å²) in [5, 5.41) is 4.46. The number of nitrogens with zero attached hydrogens (tertiary/aromatic N) is 2. The van der Waals surface area contributed by atoms with Crippen LogP contribution in [0.5, 0.6) is 0 Å². The molecule has 3 aromatic rings. The number of carbonyl (C=O) groups is 1. The first kappa shape index (κ1) is 13.9. The maximum Gasteiger partial charge on any atom is 0.166 e. The molecule has 1 unspecified atom stereocenters. The zero-order valence-corrected chi connectivity index (χ0v) is 13.1. The van der Waals surface area contributed by atoms with E-state index in [1.54, 1.807) is 6.20 Å². The number of Topliss-reactive ketones (excluding diaryl/α,β-unsaturated/α-hetero) is 1. The molecule has 0 aliphatic heterocycles. The molecule has 4 rings (SSSR count). The fourth-order valence-electron chi connectivity index (χ4n) is 3.50. The predicted octanol–water partition coefficient (Wildman–Crippen LogP) is 4.09. The van der Waals surface area contributed by atoms with E-state index in [4.69, 9.17) is 0 Å². The zero-order valence-electron chi connectivity index (χ0n) is 13.1. The normalized spacial score (nSPS) is 17.1. The lowest BCUT2D eigenvalue weighted by Gasteiger charge is -2.24. The molecule has 3 heteroatoms. The summed E-state index contributed by atoms with van der Waals surface area (Å²) in [5.74, 6) is 0.428. The monoisotopic (exact) mass is 302 g/mol. The third-order valence-electron chi connectivity index (χ3n) is 4.67. The summed E-state index contributed by atoms with van der Waals surface area (Å²) in [6.07, 6.45) is 3.14. The summed E-state index contributed by atoms with van der Waals surface area (Å²) in [5.41, 5.74) is 5.33. The van der Waals surface area contributed by atoms with Crippen LogP contribution in [-0.4, -0.2) is 15.6 Å². The second kappa shape index (κ2) is 5.51. The number of fused-ring (bicyclic) bond motifs is 1. The molecule has 1 atom stereocenters. The highest BCUT2D eigenvalue weighted by molar-refractivity contribution is 5.98. The molecule has 0 saturated heterocycles. The van der Waals surface area contributed by atoms with Crippen molar-refractivity contribution in [1.29, 1.82) is 0 Å². The van der Waals surface area contributed by atoms with E-state index in [1.165, 1.54) is 11.1 Å². The van der Waals surface area contributed by atoms with Crippen LogP contribution in [0.1, 0.15) is 39.5 Å². The van der Waals surface area contributed by atoms with Gasteiger partial charge in [0.15, 0.2) is 5.78 Å². The van der Waals surface area contributed by atoms with Crippen LogP contribution in [0.3, 0.4) is 0 Å². The number of hydrogen-bond donors (Lipinski definition) is 0. The molecule has 0 bridgehead atoms. The molecule has 23 heavy (non-hydrogen) atoms. The molecule has 1 aromatic heterocycles. The molecule has 1 aliphatic carbocycles. The first-order valence-corrected chi connectivity index (χ1v) is 7.95.